The molecule has 1 saturated carbocycles. The molecule has 1 amide bonds. The second-order valence-corrected chi connectivity index (χ2v) is 9.16. The Labute approximate surface area is 178 Å². The van der Waals surface area contributed by atoms with Gasteiger partial charge in [-0.2, -0.15) is 0 Å². The number of nitrogens with one attached hydrogen (secondary N) is 1. The third-order valence-corrected chi connectivity index (χ3v) is 7.04. The maximum atomic E-state index is 12.8. The Morgan fingerprint density at radius 1 is 1.17 bits per heavy atom. The van der Waals surface area contributed by atoms with Crippen LogP contribution in [0.3, 0.4) is 0 Å². The first-order valence-electron chi connectivity index (χ1n) is 11.5. The number of carbonyl (C=O) groups is 1. The number of rotatable bonds is 7. The smallest absolute Gasteiger partial charge is 0.222 e. The fourth-order valence-electron chi connectivity index (χ4n) is 4.96. The number of nitrogens with zero attached hydrogens (tertiary/aromatic N) is 3. The Bertz CT molecular complexity index is 1020. The Morgan fingerprint density at radius 2 is 1.97 bits per heavy atom. The van der Waals surface area contributed by atoms with Gasteiger partial charge in [0.05, 0.1) is 0 Å². The number of amides is 1. The number of aromatic nitrogens is 3. The molecule has 0 spiro atoms. The van der Waals surface area contributed by atoms with Crippen LogP contribution in [0, 0.1) is 12.8 Å². The Kier molecular flexibility index (Phi) is 5.36. The highest BCUT2D eigenvalue weighted by Gasteiger charge is 2.29. The number of carbonyl (C=O) groups excluding carboxylic acids is 1. The predicted octanol–water partition coefficient (Wildman–Crippen LogP) is 4.81. The Hall–Kier alpha value is -2.56. The summed E-state index contributed by atoms with van der Waals surface area (Å²) >= 11 is 0. The maximum absolute atomic E-state index is 12.8. The standard InChI is InChI=1S/C25H32N4O/c1-18-16-27-25(20-6-7-20)29(18)15-12-19-10-13-28(14-11-19)24(30)9-8-21-17-26-23-5-3-2-4-22(21)23/h2-5,16-17,19-20,26H,6-15H2,1H3. The summed E-state index contributed by atoms with van der Waals surface area (Å²) in [5, 5.41) is 1.24. The molecule has 2 fully saturated rings. The summed E-state index contributed by atoms with van der Waals surface area (Å²) in [4.78, 5) is 22.8. The van der Waals surface area contributed by atoms with Crippen LogP contribution in [0.25, 0.3) is 10.9 Å². The number of H-pyrrole nitrogens is 1. The van der Waals surface area contributed by atoms with Gasteiger partial charge in [-0.05, 0) is 63.0 Å². The van der Waals surface area contributed by atoms with Gasteiger partial charge < -0.3 is 14.5 Å². The van der Waals surface area contributed by atoms with E-state index in [9.17, 15) is 4.79 Å². The summed E-state index contributed by atoms with van der Waals surface area (Å²) in [6.45, 7) is 5.08. The fourth-order valence-corrected chi connectivity index (χ4v) is 4.96. The molecule has 5 rings (SSSR count). The van der Waals surface area contributed by atoms with Crippen LogP contribution in [0.5, 0.6) is 0 Å². The summed E-state index contributed by atoms with van der Waals surface area (Å²) in [5.41, 5.74) is 3.69. The number of hydrogen-bond donors (Lipinski definition) is 1. The molecule has 3 heterocycles. The molecule has 0 radical (unpaired) electrons. The van der Waals surface area contributed by atoms with Gasteiger partial charge in [0.1, 0.15) is 5.82 Å². The van der Waals surface area contributed by atoms with E-state index in [4.69, 9.17) is 0 Å². The molecule has 0 unspecified atom stereocenters. The van der Waals surface area contributed by atoms with Crippen molar-refractivity contribution in [2.75, 3.05) is 13.1 Å². The van der Waals surface area contributed by atoms with Crippen molar-refractivity contribution < 1.29 is 4.79 Å². The molecule has 1 aliphatic heterocycles. The van der Waals surface area contributed by atoms with Crippen LogP contribution in [0.2, 0.25) is 0 Å². The molecule has 3 aromatic rings. The quantitative estimate of drug-likeness (QED) is 0.614. The van der Waals surface area contributed by atoms with Crippen LogP contribution in [0.1, 0.15) is 61.5 Å². The molecule has 158 valence electrons. The van der Waals surface area contributed by atoms with Crippen LogP contribution in [0.4, 0.5) is 0 Å². The SMILES string of the molecule is Cc1cnc(C2CC2)n1CCC1CCN(C(=O)CCc2c[nH]c3ccccc23)CC1. The van der Waals surface area contributed by atoms with E-state index in [1.165, 1.54) is 41.7 Å². The number of likely N-dealkylation sites (tertiary alicyclic amines) is 1. The van der Waals surface area contributed by atoms with Gasteiger partial charge in [-0.1, -0.05) is 18.2 Å². The van der Waals surface area contributed by atoms with Crippen molar-refractivity contribution in [3.63, 3.8) is 0 Å². The number of benzene rings is 1. The number of aryl methyl sites for hydroxylation is 2. The first kappa shape index (κ1) is 19.4. The highest BCUT2D eigenvalue weighted by Crippen LogP contribution is 2.39. The zero-order chi connectivity index (χ0) is 20.5. The molecule has 2 aliphatic rings. The topological polar surface area (TPSA) is 53.9 Å². The van der Waals surface area contributed by atoms with Gasteiger partial charge in [0.2, 0.25) is 5.91 Å². The second-order valence-electron chi connectivity index (χ2n) is 9.16. The van der Waals surface area contributed by atoms with Crippen LogP contribution in [0.15, 0.2) is 36.7 Å². The number of piperidine rings is 1. The average molecular weight is 405 g/mol. The molecule has 2 aromatic heterocycles. The third kappa shape index (κ3) is 4.03. The molecule has 1 N–H and O–H groups in total. The molecule has 30 heavy (non-hydrogen) atoms. The minimum atomic E-state index is 0.306. The van der Waals surface area contributed by atoms with Gasteiger partial charge in [-0.25, -0.2) is 4.98 Å². The van der Waals surface area contributed by atoms with Gasteiger partial charge in [-0.3, -0.25) is 4.79 Å². The normalized spacial score (nSPS) is 17.7. The molecule has 1 saturated heterocycles. The second kappa shape index (κ2) is 8.29. The highest BCUT2D eigenvalue weighted by molar-refractivity contribution is 5.84. The minimum Gasteiger partial charge on any atom is -0.361 e. The van der Waals surface area contributed by atoms with Crippen LogP contribution < -0.4 is 0 Å². The van der Waals surface area contributed by atoms with E-state index >= 15 is 0 Å². The lowest BCUT2D eigenvalue weighted by molar-refractivity contribution is -0.132. The fraction of sp³-hybridized carbons (Fsp3) is 0.520. The predicted molar refractivity (Wildman–Crippen MR) is 119 cm³/mol. The van der Waals surface area contributed by atoms with Gasteiger partial charge in [0, 0.05) is 61.0 Å². The highest BCUT2D eigenvalue weighted by atomic mass is 16.2. The lowest BCUT2D eigenvalue weighted by Crippen LogP contribution is -2.38. The number of para-hydroxylation sites is 1. The van der Waals surface area contributed by atoms with Crippen molar-refractivity contribution in [2.45, 2.75) is 64.3 Å². The van der Waals surface area contributed by atoms with Crippen molar-refractivity contribution in [3.05, 3.63) is 53.7 Å². The van der Waals surface area contributed by atoms with Gasteiger partial charge >= 0.3 is 0 Å². The molecule has 5 heteroatoms. The van der Waals surface area contributed by atoms with E-state index in [2.05, 4.69) is 50.8 Å². The maximum Gasteiger partial charge on any atom is 0.222 e. The average Bonchev–Trinajstić information content (AvgIpc) is 3.43. The first-order chi connectivity index (χ1) is 14.7. The van der Waals surface area contributed by atoms with Crippen molar-refractivity contribution in [3.8, 4) is 0 Å². The molecular formula is C25H32N4O. The number of fused-ring (bicyclic) bond motifs is 1. The van der Waals surface area contributed by atoms with E-state index < -0.39 is 0 Å². The number of hydrogen-bond acceptors (Lipinski definition) is 2. The van der Waals surface area contributed by atoms with Crippen LogP contribution in [-0.2, 0) is 17.8 Å². The lowest BCUT2D eigenvalue weighted by Gasteiger charge is -2.32. The molecule has 5 nitrogen and oxygen atoms in total. The van der Waals surface area contributed by atoms with Crippen LogP contribution in [-0.4, -0.2) is 38.4 Å². The van der Waals surface area contributed by atoms with E-state index in [-0.39, 0.29) is 0 Å². The van der Waals surface area contributed by atoms with Crippen molar-refractivity contribution >= 4 is 16.8 Å². The van der Waals surface area contributed by atoms with E-state index in [1.807, 2.05) is 12.3 Å². The summed E-state index contributed by atoms with van der Waals surface area (Å²) < 4.78 is 2.44. The zero-order valence-corrected chi connectivity index (χ0v) is 17.9. The minimum absolute atomic E-state index is 0.306. The summed E-state index contributed by atoms with van der Waals surface area (Å²) in [6.07, 6.45) is 11.6. The summed E-state index contributed by atoms with van der Waals surface area (Å²) in [7, 11) is 0. The number of imidazole rings is 1. The van der Waals surface area contributed by atoms with Crippen molar-refractivity contribution in [1.29, 1.82) is 0 Å². The molecule has 1 aromatic carbocycles. The van der Waals surface area contributed by atoms with Gasteiger partial charge in [0.25, 0.3) is 0 Å². The third-order valence-electron chi connectivity index (χ3n) is 7.04. The monoisotopic (exact) mass is 404 g/mol. The number of aromatic amines is 1. The largest absolute Gasteiger partial charge is 0.361 e. The lowest BCUT2D eigenvalue weighted by atomic mass is 9.93. The van der Waals surface area contributed by atoms with E-state index in [0.29, 0.717) is 18.2 Å². The Balaban J connectivity index is 1.09. The molecule has 0 bridgehead atoms. The Morgan fingerprint density at radius 3 is 2.77 bits per heavy atom. The molecule has 1 aliphatic carbocycles. The zero-order valence-electron chi connectivity index (χ0n) is 17.9. The van der Waals surface area contributed by atoms with Crippen molar-refractivity contribution in [2.24, 2.45) is 5.92 Å². The van der Waals surface area contributed by atoms with E-state index in [1.54, 1.807) is 0 Å². The van der Waals surface area contributed by atoms with Crippen LogP contribution >= 0.6 is 0 Å². The van der Waals surface area contributed by atoms with Crippen molar-refractivity contribution in [1.82, 2.24) is 19.4 Å². The first-order valence-corrected chi connectivity index (χ1v) is 11.5. The summed E-state index contributed by atoms with van der Waals surface area (Å²) in [5.74, 6) is 3.03. The van der Waals surface area contributed by atoms with Gasteiger partial charge in [-0.15, -0.1) is 0 Å². The molecular weight excluding hydrogens is 372 g/mol. The summed E-state index contributed by atoms with van der Waals surface area (Å²) in [6, 6.07) is 8.32. The van der Waals surface area contributed by atoms with E-state index in [0.717, 1.165) is 50.3 Å². The molecule has 0 atom stereocenters. The van der Waals surface area contributed by atoms with Gasteiger partial charge in [0.15, 0.2) is 0 Å².